The molecule has 0 aliphatic carbocycles. The summed E-state index contributed by atoms with van der Waals surface area (Å²) in [4.78, 5) is 18.9. The van der Waals surface area contributed by atoms with Gasteiger partial charge in [-0.15, -0.1) is 0 Å². The number of hydrogen-bond acceptors (Lipinski definition) is 5. The molecule has 2 aliphatic rings. The first-order valence-electron chi connectivity index (χ1n) is 9.76. The summed E-state index contributed by atoms with van der Waals surface area (Å²) < 4.78 is 11.2. The smallest absolute Gasteiger partial charge is 0.260 e. The summed E-state index contributed by atoms with van der Waals surface area (Å²) in [6.45, 7) is 6.31. The van der Waals surface area contributed by atoms with Gasteiger partial charge in [0, 0.05) is 61.8 Å². The predicted octanol–water partition coefficient (Wildman–Crippen LogP) is 2.48. The Labute approximate surface area is 170 Å². The number of rotatable bonds is 4. The Morgan fingerprint density at radius 3 is 2.46 bits per heavy atom. The minimum Gasteiger partial charge on any atom is -0.482 e. The summed E-state index contributed by atoms with van der Waals surface area (Å²) in [7, 11) is 2.14. The highest BCUT2D eigenvalue weighted by molar-refractivity contribution is 6.37. The maximum atomic E-state index is 12.5. The number of anilines is 1. The molecule has 0 radical (unpaired) electrons. The van der Waals surface area contributed by atoms with Crippen LogP contribution in [-0.2, 0) is 9.53 Å². The Morgan fingerprint density at radius 1 is 1.07 bits per heavy atom. The van der Waals surface area contributed by atoms with E-state index in [9.17, 15) is 4.79 Å². The van der Waals surface area contributed by atoms with E-state index in [2.05, 4.69) is 22.9 Å². The predicted molar refractivity (Wildman–Crippen MR) is 112 cm³/mol. The maximum absolute atomic E-state index is 12.5. The first-order chi connectivity index (χ1) is 13.6. The zero-order chi connectivity index (χ0) is 19.5. The molecule has 4 rings (SSSR count). The van der Waals surface area contributed by atoms with Gasteiger partial charge in [0.2, 0.25) is 0 Å². The van der Waals surface area contributed by atoms with Crippen molar-refractivity contribution in [2.24, 2.45) is 0 Å². The summed E-state index contributed by atoms with van der Waals surface area (Å²) in [6.07, 6.45) is 0. The van der Waals surface area contributed by atoms with Gasteiger partial charge in [0.15, 0.2) is 6.61 Å². The Hall–Kier alpha value is -2.02. The highest BCUT2D eigenvalue weighted by Crippen LogP contribution is 2.39. The Morgan fingerprint density at radius 2 is 1.75 bits per heavy atom. The van der Waals surface area contributed by atoms with Gasteiger partial charge in [0.25, 0.3) is 5.91 Å². The van der Waals surface area contributed by atoms with Crippen LogP contribution in [0.3, 0.4) is 0 Å². The van der Waals surface area contributed by atoms with Crippen molar-refractivity contribution in [1.29, 1.82) is 0 Å². The number of carbonyl (C=O) groups is 1. The van der Waals surface area contributed by atoms with Crippen molar-refractivity contribution in [3.63, 3.8) is 0 Å². The first-order valence-corrected chi connectivity index (χ1v) is 10.1. The Balaban J connectivity index is 1.59. The summed E-state index contributed by atoms with van der Waals surface area (Å²) >= 11 is 6.65. The monoisotopic (exact) mass is 403 g/mol. The van der Waals surface area contributed by atoms with Crippen LogP contribution in [-0.4, -0.2) is 81.8 Å². The second-order valence-corrected chi connectivity index (χ2v) is 7.70. The number of fused-ring (bicyclic) bond motifs is 1. The fourth-order valence-corrected chi connectivity index (χ4v) is 4.03. The SMILES string of the molecule is CN1CCN(c2cc(OCC(=O)N3CCOCC3)c(Cl)c3ccccc23)CC1. The summed E-state index contributed by atoms with van der Waals surface area (Å²) in [5.74, 6) is 0.532. The van der Waals surface area contributed by atoms with Crippen LogP contribution in [0.1, 0.15) is 0 Å². The summed E-state index contributed by atoms with van der Waals surface area (Å²) in [5.41, 5.74) is 1.11. The Kier molecular flexibility index (Phi) is 5.90. The highest BCUT2D eigenvalue weighted by atomic mass is 35.5. The molecule has 2 saturated heterocycles. The normalized spacial score (nSPS) is 18.5. The van der Waals surface area contributed by atoms with E-state index in [1.807, 2.05) is 24.3 Å². The lowest BCUT2D eigenvalue weighted by molar-refractivity contribution is -0.137. The lowest BCUT2D eigenvalue weighted by Crippen LogP contribution is -2.44. The molecule has 0 N–H and O–H groups in total. The second-order valence-electron chi connectivity index (χ2n) is 7.33. The average Bonchev–Trinajstić information content (AvgIpc) is 2.74. The van der Waals surface area contributed by atoms with Gasteiger partial charge in [-0.05, 0) is 7.05 Å². The largest absolute Gasteiger partial charge is 0.482 e. The minimum absolute atomic E-state index is 0.0137. The molecule has 0 atom stereocenters. The van der Waals surface area contributed by atoms with Crippen LogP contribution in [0.2, 0.25) is 5.02 Å². The minimum atomic E-state index is -0.0336. The highest BCUT2D eigenvalue weighted by Gasteiger charge is 2.21. The van der Waals surface area contributed by atoms with Crippen molar-refractivity contribution < 1.29 is 14.3 Å². The quantitative estimate of drug-likeness (QED) is 0.784. The fraction of sp³-hybridized carbons (Fsp3) is 0.476. The lowest BCUT2D eigenvalue weighted by atomic mass is 10.1. The van der Waals surface area contributed by atoms with Crippen LogP contribution >= 0.6 is 11.6 Å². The van der Waals surface area contributed by atoms with E-state index in [1.165, 1.54) is 0 Å². The molecular weight excluding hydrogens is 378 g/mol. The molecule has 7 heteroatoms. The fourth-order valence-electron chi connectivity index (χ4n) is 3.75. The third-order valence-electron chi connectivity index (χ3n) is 5.48. The van der Waals surface area contributed by atoms with Crippen LogP contribution in [0.25, 0.3) is 10.8 Å². The molecule has 6 nitrogen and oxygen atoms in total. The number of hydrogen-bond donors (Lipinski definition) is 0. The number of halogens is 1. The standard InChI is InChI=1S/C21H26ClN3O3/c1-23-6-8-24(9-7-23)18-14-19(21(22)17-5-3-2-4-16(17)18)28-15-20(26)25-10-12-27-13-11-25/h2-5,14H,6-13,15H2,1H3. The molecule has 0 unspecified atom stereocenters. The van der Waals surface area contributed by atoms with Crippen molar-refractivity contribution in [1.82, 2.24) is 9.80 Å². The molecule has 2 aromatic carbocycles. The van der Waals surface area contributed by atoms with Gasteiger partial charge in [-0.2, -0.15) is 0 Å². The van der Waals surface area contributed by atoms with Crippen molar-refractivity contribution in [2.45, 2.75) is 0 Å². The van der Waals surface area contributed by atoms with E-state index in [4.69, 9.17) is 21.1 Å². The summed E-state index contributed by atoms with van der Waals surface area (Å²) in [6, 6.07) is 10.1. The molecule has 0 bridgehead atoms. The van der Waals surface area contributed by atoms with Crippen LogP contribution in [0.5, 0.6) is 5.75 Å². The van der Waals surface area contributed by atoms with E-state index >= 15 is 0 Å². The number of carbonyl (C=O) groups excluding carboxylic acids is 1. The molecule has 0 aromatic heterocycles. The van der Waals surface area contributed by atoms with Crippen molar-refractivity contribution in [2.75, 3.05) is 71.0 Å². The van der Waals surface area contributed by atoms with Gasteiger partial charge < -0.3 is 24.2 Å². The number of nitrogens with zero attached hydrogens (tertiary/aromatic N) is 3. The third kappa shape index (κ3) is 4.04. The number of likely N-dealkylation sites (N-methyl/N-ethyl adjacent to an activating group) is 1. The summed E-state index contributed by atoms with van der Waals surface area (Å²) in [5, 5.41) is 2.63. The van der Waals surface area contributed by atoms with Gasteiger partial charge in [-0.25, -0.2) is 0 Å². The van der Waals surface area contributed by atoms with Gasteiger partial charge in [-0.3, -0.25) is 4.79 Å². The zero-order valence-electron chi connectivity index (χ0n) is 16.2. The molecule has 1 amide bonds. The second kappa shape index (κ2) is 8.55. The number of morpholine rings is 1. The molecule has 28 heavy (non-hydrogen) atoms. The van der Waals surface area contributed by atoms with Gasteiger partial charge >= 0.3 is 0 Å². The molecule has 2 fully saturated rings. The van der Waals surface area contributed by atoms with Gasteiger partial charge in [0.1, 0.15) is 5.75 Å². The van der Waals surface area contributed by atoms with Crippen LogP contribution < -0.4 is 9.64 Å². The van der Waals surface area contributed by atoms with E-state index in [-0.39, 0.29) is 12.5 Å². The number of amides is 1. The number of piperazine rings is 1. The lowest BCUT2D eigenvalue weighted by Gasteiger charge is -2.35. The third-order valence-corrected chi connectivity index (χ3v) is 5.87. The number of benzene rings is 2. The van der Waals surface area contributed by atoms with E-state index < -0.39 is 0 Å². The van der Waals surface area contributed by atoms with Crippen LogP contribution in [0.4, 0.5) is 5.69 Å². The molecule has 150 valence electrons. The molecule has 2 aromatic rings. The van der Waals surface area contributed by atoms with Crippen molar-refractivity contribution >= 4 is 34.0 Å². The molecule has 2 aliphatic heterocycles. The van der Waals surface area contributed by atoms with E-state index in [0.717, 1.165) is 42.6 Å². The van der Waals surface area contributed by atoms with E-state index in [0.29, 0.717) is 37.1 Å². The van der Waals surface area contributed by atoms with Crippen LogP contribution in [0, 0.1) is 0 Å². The van der Waals surface area contributed by atoms with Crippen molar-refractivity contribution in [3.05, 3.63) is 35.4 Å². The maximum Gasteiger partial charge on any atom is 0.260 e. The molecule has 0 spiro atoms. The number of ether oxygens (including phenoxy) is 2. The van der Waals surface area contributed by atoms with Crippen LogP contribution in [0.15, 0.2) is 30.3 Å². The van der Waals surface area contributed by atoms with Gasteiger partial charge in [0.05, 0.1) is 18.2 Å². The topological polar surface area (TPSA) is 45.2 Å². The Bertz CT molecular complexity index is 846. The molecular formula is C21H26ClN3O3. The first kappa shape index (κ1) is 19.3. The van der Waals surface area contributed by atoms with Gasteiger partial charge in [-0.1, -0.05) is 35.9 Å². The average molecular weight is 404 g/mol. The van der Waals surface area contributed by atoms with E-state index in [1.54, 1.807) is 4.90 Å². The molecule has 2 heterocycles. The van der Waals surface area contributed by atoms with Crippen molar-refractivity contribution in [3.8, 4) is 5.75 Å². The molecule has 0 saturated carbocycles. The zero-order valence-corrected chi connectivity index (χ0v) is 17.0.